The van der Waals surface area contributed by atoms with Gasteiger partial charge in [0.15, 0.2) is 0 Å². The number of nitriles is 2. The first-order valence-electron chi connectivity index (χ1n) is 14.3. The smallest absolute Gasteiger partial charge is 0.0992 e. The molecular weight excluding hydrogens is 536 g/mol. The van der Waals surface area contributed by atoms with Crippen LogP contribution in [0, 0.1) is 22.7 Å². The number of aromatic nitrogens is 2. The van der Waals surface area contributed by atoms with E-state index in [9.17, 15) is 10.5 Å². The summed E-state index contributed by atoms with van der Waals surface area (Å²) in [5.41, 5.74) is 9.23. The van der Waals surface area contributed by atoms with Crippen LogP contribution < -0.4 is 0 Å². The van der Waals surface area contributed by atoms with Crippen molar-refractivity contribution in [3.05, 3.63) is 145 Å². The van der Waals surface area contributed by atoms with Gasteiger partial charge in [0.25, 0.3) is 0 Å². The number of nitrogens with zero attached hydrogens (tertiary/aromatic N) is 4. The number of benzene rings is 6. The summed E-state index contributed by atoms with van der Waals surface area (Å²) in [6, 6.07) is 46.1. The van der Waals surface area contributed by atoms with Gasteiger partial charge in [0.05, 0.1) is 34.7 Å². The molecule has 44 heavy (non-hydrogen) atoms. The zero-order valence-electron chi connectivity index (χ0n) is 23.5. The van der Waals surface area contributed by atoms with Gasteiger partial charge in [-0.3, -0.25) is 9.97 Å². The van der Waals surface area contributed by atoms with Crippen molar-refractivity contribution < 1.29 is 0 Å². The van der Waals surface area contributed by atoms with Crippen molar-refractivity contribution in [2.24, 2.45) is 0 Å². The molecule has 0 saturated carbocycles. The van der Waals surface area contributed by atoms with Gasteiger partial charge in [-0.15, -0.1) is 0 Å². The molecule has 0 N–H and O–H groups in total. The monoisotopic (exact) mass is 558 g/mol. The summed E-state index contributed by atoms with van der Waals surface area (Å²) in [4.78, 5) is 8.99. The summed E-state index contributed by atoms with van der Waals surface area (Å²) in [6.45, 7) is 0. The average Bonchev–Trinajstić information content (AvgIpc) is 3.10. The molecule has 2 heterocycles. The highest BCUT2D eigenvalue weighted by Crippen LogP contribution is 2.40. The second-order valence-electron chi connectivity index (χ2n) is 11.0. The van der Waals surface area contributed by atoms with E-state index in [0.717, 1.165) is 44.8 Å². The Kier molecular flexibility index (Phi) is 5.86. The van der Waals surface area contributed by atoms with Crippen LogP contribution in [0.2, 0.25) is 0 Å². The van der Waals surface area contributed by atoms with E-state index in [1.165, 1.54) is 32.3 Å². The second kappa shape index (κ2) is 10.2. The Morgan fingerprint density at radius 2 is 0.773 bits per heavy atom. The highest BCUT2D eigenvalue weighted by atomic mass is 14.7. The molecule has 0 atom stereocenters. The predicted molar refractivity (Wildman–Crippen MR) is 177 cm³/mol. The molecule has 4 nitrogen and oxygen atoms in total. The summed E-state index contributed by atoms with van der Waals surface area (Å²) in [5, 5.41) is 26.0. The first-order chi connectivity index (χ1) is 21.7. The van der Waals surface area contributed by atoms with Crippen LogP contribution in [0.4, 0.5) is 0 Å². The molecule has 8 aromatic rings. The standard InChI is InChI=1S/C40H22N4/c41-23-25-11-13-43-37(15-25)29-5-1-3-27(17-29)35-19-31-7-9-33-21-36(22-34-10-8-32(20-35)39(31)40(33)34)28-4-2-6-30(18-28)38-16-26(24-42)12-14-44-38/h1-22H. The van der Waals surface area contributed by atoms with Crippen LogP contribution >= 0.6 is 0 Å². The maximum absolute atomic E-state index is 9.33. The molecule has 0 unspecified atom stereocenters. The Hall–Kier alpha value is -6.36. The van der Waals surface area contributed by atoms with Gasteiger partial charge < -0.3 is 0 Å². The van der Waals surface area contributed by atoms with Crippen molar-refractivity contribution >= 4 is 32.3 Å². The minimum absolute atomic E-state index is 0.599. The molecule has 6 aromatic carbocycles. The molecule has 0 fully saturated rings. The zero-order valence-corrected chi connectivity index (χ0v) is 23.5. The number of hydrogen-bond donors (Lipinski definition) is 0. The molecule has 0 amide bonds. The SMILES string of the molecule is N#Cc1ccnc(-c2cccc(-c3cc4ccc5cc(-c6cccc(-c7cc(C#N)ccn7)c6)cc6ccc(c3)c4c56)c2)c1. The molecule has 0 radical (unpaired) electrons. The van der Waals surface area contributed by atoms with Crippen LogP contribution in [0.3, 0.4) is 0 Å². The fourth-order valence-corrected chi connectivity index (χ4v) is 6.20. The predicted octanol–water partition coefficient (Wildman–Crippen LogP) is 9.79. The van der Waals surface area contributed by atoms with Gasteiger partial charge in [-0.2, -0.15) is 10.5 Å². The lowest BCUT2D eigenvalue weighted by molar-refractivity contribution is 1.31. The molecule has 4 heteroatoms. The molecule has 0 aliphatic carbocycles. The van der Waals surface area contributed by atoms with Gasteiger partial charge >= 0.3 is 0 Å². The van der Waals surface area contributed by atoms with Crippen LogP contribution in [0.1, 0.15) is 11.1 Å². The Bertz CT molecular complexity index is 2240. The minimum atomic E-state index is 0.599. The van der Waals surface area contributed by atoms with Gasteiger partial charge in [0.2, 0.25) is 0 Å². The maximum atomic E-state index is 9.33. The normalized spacial score (nSPS) is 11.1. The summed E-state index contributed by atoms with van der Waals surface area (Å²) in [7, 11) is 0. The Morgan fingerprint density at radius 3 is 1.16 bits per heavy atom. The molecule has 0 spiro atoms. The Labute approximate surface area is 254 Å². The van der Waals surface area contributed by atoms with Crippen LogP contribution in [0.5, 0.6) is 0 Å². The number of rotatable bonds is 4. The third-order valence-corrected chi connectivity index (χ3v) is 8.30. The van der Waals surface area contributed by atoms with Gasteiger partial charge in [-0.25, -0.2) is 0 Å². The second-order valence-corrected chi connectivity index (χ2v) is 11.0. The summed E-state index contributed by atoms with van der Waals surface area (Å²) >= 11 is 0. The van der Waals surface area contributed by atoms with E-state index in [0.29, 0.717) is 11.1 Å². The summed E-state index contributed by atoms with van der Waals surface area (Å²) in [6.07, 6.45) is 3.37. The topological polar surface area (TPSA) is 73.4 Å². The number of hydrogen-bond acceptors (Lipinski definition) is 4. The zero-order chi connectivity index (χ0) is 29.6. The third-order valence-electron chi connectivity index (χ3n) is 8.30. The van der Waals surface area contributed by atoms with Gasteiger partial charge in [-0.05, 0) is 115 Å². The van der Waals surface area contributed by atoms with Crippen LogP contribution in [-0.2, 0) is 0 Å². The number of pyridine rings is 2. The van der Waals surface area contributed by atoms with E-state index in [4.69, 9.17) is 0 Å². The molecule has 0 saturated heterocycles. The third kappa shape index (κ3) is 4.31. The van der Waals surface area contributed by atoms with E-state index in [1.54, 1.807) is 24.5 Å². The minimum Gasteiger partial charge on any atom is -0.256 e. The quantitative estimate of drug-likeness (QED) is 0.202. The van der Waals surface area contributed by atoms with Crippen LogP contribution in [-0.4, -0.2) is 9.97 Å². The first kappa shape index (κ1) is 25.4. The highest BCUT2D eigenvalue weighted by Gasteiger charge is 2.13. The van der Waals surface area contributed by atoms with E-state index < -0.39 is 0 Å². The summed E-state index contributed by atoms with van der Waals surface area (Å²) < 4.78 is 0. The van der Waals surface area contributed by atoms with E-state index in [1.807, 2.05) is 36.4 Å². The van der Waals surface area contributed by atoms with Gasteiger partial charge in [-0.1, -0.05) is 60.7 Å². The van der Waals surface area contributed by atoms with E-state index in [-0.39, 0.29) is 0 Å². The molecule has 8 rings (SSSR count). The van der Waals surface area contributed by atoms with E-state index >= 15 is 0 Å². The van der Waals surface area contributed by atoms with Crippen molar-refractivity contribution in [2.45, 2.75) is 0 Å². The fraction of sp³-hybridized carbons (Fsp3) is 0. The fourth-order valence-electron chi connectivity index (χ4n) is 6.20. The maximum Gasteiger partial charge on any atom is 0.0992 e. The molecule has 2 aromatic heterocycles. The molecule has 0 aliphatic heterocycles. The van der Waals surface area contributed by atoms with E-state index in [2.05, 4.69) is 94.9 Å². The molecule has 202 valence electrons. The highest BCUT2D eigenvalue weighted by molar-refractivity contribution is 6.24. The summed E-state index contributed by atoms with van der Waals surface area (Å²) in [5.74, 6) is 0. The molecule has 0 aliphatic rings. The van der Waals surface area contributed by atoms with Crippen LogP contribution in [0.25, 0.3) is 77.1 Å². The lowest BCUT2D eigenvalue weighted by Gasteiger charge is -2.15. The molecular formula is C40H22N4. The molecule has 0 bridgehead atoms. The van der Waals surface area contributed by atoms with Gasteiger partial charge in [0.1, 0.15) is 0 Å². The van der Waals surface area contributed by atoms with Crippen molar-refractivity contribution in [1.82, 2.24) is 9.97 Å². The van der Waals surface area contributed by atoms with Crippen molar-refractivity contribution in [1.29, 1.82) is 10.5 Å². The first-order valence-corrected chi connectivity index (χ1v) is 14.3. The van der Waals surface area contributed by atoms with Crippen molar-refractivity contribution in [2.75, 3.05) is 0 Å². The van der Waals surface area contributed by atoms with Crippen molar-refractivity contribution in [3.8, 4) is 56.9 Å². The largest absolute Gasteiger partial charge is 0.256 e. The Morgan fingerprint density at radius 1 is 0.386 bits per heavy atom. The average molecular weight is 559 g/mol. The Balaban J connectivity index is 1.21. The lowest BCUT2D eigenvalue weighted by atomic mass is 9.89. The van der Waals surface area contributed by atoms with Gasteiger partial charge in [0, 0.05) is 23.5 Å². The van der Waals surface area contributed by atoms with Crippen LogP contribution in [0.15, 0.2) is 134 Å². The lowest BCUT2D eigenvalue weighted by Crippen LogP contribution is -1.89. The van der Waals surface area contributed by atoms with Crippen molar-refractivity contribution in [3.63, 3.8) is 0 Å².